The third kappa shape index (κ3) is 5.36. The van der Waals surface area contributed by atoms with E-state index < -0.39 is 16.0 Å². The lowest BCUT2D eigenvalue weighted by atomic mass is 9.93. The van der Waals surface area contributed by atoms with Gasteiger partial charge in [0.1, 0.15) is 5.76 Å². The first kappa shape index (κ1) is 23.9. The fraction of sp³-hybridized carbons (Fsp3) is 0.500. The van der Waals surface area contributed by atoms with Gasteiger partial charge < -0.3 is 14.6 Å². The molecule has 10 heteroatoms. The van der Waals surface area contributed by atoms with Gasteiger partial charge in [-0.2, -0.15) is 4.31 Å². The predicted molar refractivity (Wildman–Crippen MR) is 118 cm³/mol. The molecule has 1 aromatic carbocycles. The highest BCUT2D eigenvalue weighted by molar-refractivity contribution is 7.89. The predicted octanol–water partition coefficient (Wildman–Crippen LogP) is 3.19. The Hall–Kier alpha value is -2.72. The number of anilines is 1. The number of nitrogens with zero attached hydrogens (tertiary/aromatic N) is 2. The van der Waals surface area contributed by atoms with E-state index in [9.17, 15) is 18.0 Å². The molecule has 0 bridgehead atoms. The maximum atomic E-state index is 12.9. The molecule has 0 unspecified atom stereocenters. The van der Waals surface area contributed by atoms with E-state index in [0.29, 0.717) is 30.0 Å². The largest absolute Gasteiger partial charge is 0.462 e. The maximum absolute atomic E-state index is 12.9. The van der Waals surface area contributed by atoms with Crippen molar-refractivity contribution < 1.29 is 27.3 Å². The first-order valence-corrected chi connectivity index (χ1v) is 12.0. The molecule has 0 aliphatic carbocycles. The number of sulfonamides is 1. The highest BCUT2D eigenvalue weighted by Crippen LogP contribution is 2.27. The topological polar surface area (TPSA) is 119 Å². The van der Waals surface area contributed by atoms with Crippen LogP contribution in [0.5, 0.6) is 0 Å². The van der Waals surface area contributed by atoms with Crippen LogP contribution in [0.2, 0.25) is 0 Å². The minimum atomic E-state index is -3.72. The summed E-state index contributed by atoms with van der Waals surface area (Å²) in [6, 6.07) is 7.39. The van der Waals surface area contributed by atoms with E-state index in [1.807, 2.05) is 20.8 Å². The zero-order valence-electron chi connectivity index (χ0n) is 18.8. The van der Waals surface area contributed by atoms with Crippen LogP contribution in [-0.4, -0.2) is 49.5 Å². The van der Waals surface area contributed by atoms with Gasteiger partial charge in [0, 0.05) is 30.5 Å². The van der Waals surface area contributed by atoms with Crippen molar-refractivity contribution in [1.82, 2.24) is 9.46 Å². The van der Waals surface area contributed by atoms with E-state index in [0.717, 1.165) is 0 Å². The molecule has 1 N–H and O–H groups in total. The van der Waals surface area contributed by atoms with Crippen LogP contribution in [0.3, 0.4) is 0 Å². The van der Waals surface area contributed by atoms with Gasteiger partial charge in [0.2, 0.25) is 15.9 Å². The number of nitrogens with one attached hydrogen (secondary N) is 1. The van der Waals surface area contributed by atoms with Gasteiger partial charge in [0.05, 0.1) is 17.1 Å². The zero-order chi connectivity index (χ0) is 23.5. The summed E-state index contributed by atoms with van der Waals surface area (Å²) in [4.78, 5) is 24.5. The number of benzene rings is 1. The molecule has 0 radical (unpaired) electrons. The molecular formula is C22H29N3O6S. The summed E-state index contributed by atoms with van der Waals surface area (Å²) in [5.41, 5.74) is 0.0770. The van der Waals surface area contributed by atoms with E-state index >= 15 is 0 Å². The number of hydrogen-bond donors (Lipinski definition) is 1. The molecule has 2 heterocycles. The van der Waals surface area contributed by atoms with Gasteiger partial charge in [-0.1, -0.05) is 25.9 Å². The Bertz CT molecular complexity index is 1060. The van der Waals surface area contributed by atoms with Crippen molar-refractivity contribution in [1.29, 1.82) is 0 Å². The molecule has 1 saturated heterocycles. The molecule has 1 aromatic heterocycles. The van der Waals surface area contributed by atoms with Crippen LogP contribution in [-0.2, 0) is 25.0 Å². The zero-order valence-corrected chi connectivity index (χ0v) is 19.6. The van der Waals surface area contributed by atoms with Crippen LogP contribution >= 0.6 is 0 Å². The van der Waals surface area contributed by atoms with Crippen LogP contribution in [0, 0.1) is 5.92 Å². The summed E-state index contributed by atoms with van der Waals surface area (Å²) in [5, 5.41) is 6.66. The number of amides is 1. The number of carbonyl (C=O) groups excluding carboxylic acids is 2. The van der Waals surface area contributed by atoms with Gasteiger partial charge in [-0.3, -0.25) is 4.79 Å². The SMILES string of the molecule is CCOC(=O)c1ccc(S(=O)(=O)N2CCC(C(=O)Nc3cc(C(C)(C)C)on3)CC2)cc1. The van der Waals surface area contributed by atoms with Gasteiger partial charge >= 0.3 is 5.97 Å². The molecule has 32 heavy (non-hydrogen) atoms. The molecule has 1 aliphatic heterocycles. The highest BCUT2D eigenvalue weighted by atomic mass is 32.2. The smallest absolute Gasteiger partial charge is 0.338 e. The van der Waals surface area contributed by atoms with E-state index in [-0.39, 0.29) is 41.8 Å². The number of carbonyl (C=O) groups is 2. The van der Waals surface area contributed by atoms with Gasteiger partial charge in [-0.15, -0.1) is 0 Å². The molecule has 174 valence electrons. The summed E-state index contributed by atoms with van der Waals surface area (Å²) < 4.78 is 37.5. The summed E-state index contributed by atoms with van der Waals surface area (Å²) in [5.74, 6) is 0.0152. The maximum Gasteiger partial charge on any atom is 0.338 e. The lowest BCUT2D eigenvalue weighted by molar-refractivity contribution is -0.120. The lowest BCUT2D eigenvalue weighted by Crippen LogP contribution is -2.41. The second-order valence-corrected chi connectivity index (χ2v) is 10.7. The second-order valence-electron chi connectivity index (χ2n) is 8.74. The van der Waals surface area contributed by atoms with Crippen molar-refractivity contribution in [2.24, 2.45) is 5.92 Å². The Kier molecular flexibility index (Phi) is 7.04. The van der Waals surface area contributed by atoms with Gasteiger partial charge in [-0.05, 0) is 44.0 Å². The third-order valence-electron chi connectivity index (χ3n) is 5.33. The molecule has 0 spiro atoms. The van der Waals surface area contributed by atoms with Crippen molar-refractivity contribution in [2.75, 3.05) is 25.0 Å². The Morgan fingerprint density at radius 1 is 1.19 bits per heavy atom. The van der Waals surface area contributed by atoms with Crippen molar-refractivity contribution >= 4 is 27.7 Å². The minimum absolute atomic E-state index is 0.103. The number of ether oxygens (including phenoxy) is 1. The van der Waals surface area contributed by atoms with Crippen molar-refractivity contribution in [3.05, 3.63) is 41.7 Å². The highest BCUT2D eigenvalue weighted by Gasteiger charge is 2.32. The fourth-order valence-electron chi connectivity index (χ4n) is 3.40. The Balaban J connectivity index is 1.59. The summed E-state index contributed by atoms with van der Waals surface area (Å²) in [6.45, 7) is 8.36. The average Bonchev–Trinajstić information content (AvgIpc) is 3.23. The Morgan fingerprint density at radius 2 is 1.81 bits per heavy atom. The van der Waals surface area contributed by atoms with Gasteiger partial charge in [0.15, 0.2) is 5.82 Å². The number of rotatable bonds is 6. The van der Waals surface area contributed by atoms with Crippen molar-refractivity contribution in [3.63, 3.8) is 0 Å². The molecular weight excluding hydrogens is 434 g/mol. The van der Waals surface area contributed by atoms with E-state index in [2.05, 4.69) is 10.5 Å². The first-order chi connectivity index (χ1) is 15.0. The van der Waals surface area contributed by atoms with E-state index in [1.54, 1.807) is 13.0 Å². The lowest BCUT2D eigenvalue weighted by Gasteiger charge is -2.30. The van der Waals surface area contributed by atoms with E-state index in [1.165, 1.54) is 28.6 Å². The second kappa shape index (κ2) is 9.41. The van der Waals surface area contributed by atoms with Crippen LogP contribution in [0.1, 0.15) is 56.7 Å². The van der Waals surface area contributed by atoms with Crippen molar-refractivity contribution in [2.45, 2.75) is 50.8 Å². The molecule has 9 nitrogen and oxygen atoms in total. The van der Waals surface area contributed by atoms with Crippen LogP contribution < -0.4 is 5.32 Å². The average molecular weight is 464 g/mol. The first-order valence-electron chi connectivity index (χ1n) is 10.6. The number of aromatic nitrogens is 1. The van der Waals surface area contributed by atoms with E-state index in [4.69, 9.17) is 9.26 Å². The normalized spacial score (nSPS) is 16.0. The standard InChI is InChI=1S/C22H29N3O6S/c1-5-30-21(27)16-6-8-17(9-7-16)32(28,29)25-12-10-15(11-13-25)20(26)23-19-14-18(31-24-19)22(2,3)4/h6-9,14-15H,5,10-13H2,1-4H3,(H,23,24,26). The van der Waals surface area contributed by atoms with Crippen LogP contribution in [0.15, 0.2) is 39.8 Å². The molecule has 1 fully saturated rings. The summed E-state index contributed by atoms with van der Waals surface area (Å²) in [7, 11) is -3.72. The quantitative estimate of drug-likeness (QED) is 0.654. The fourth-order valence-corrected chi connectivity index (χ4v) is 4.87. The van der Waals surface area contributed by atoms with Gasteiger partial charge in [-0.25, -0.2) is 13.2 Å². The monoisotopic (exact) mass is 463 g/mol. The molecule has 0 saturated carbocycles. The molecule has 2 aromatic rings. The molecule has 0 atom stereocenters. The Labute approximate surface area is 188 Å². The molecule has 3 rings (SSSR count). The van der Waals surface area contributed by atoms with Crippen LogP contribution in [0.25, 0.3) is 0 Å². The summed E-state index contributed by atoms with van der Waals surface area (Å²) in [6.07, 6.45) is 0.798. The van der Waals surface area contributed by atoms with Gasteiger partial charge in [0.25, 0.3) is 0 Å². The Morgan fingerprint density at radius 3 is 2.34 bits per heavy atom. The molecule has 1 aliphatic rings. The molecule has 1 amide bonds. The van der Waals surface area contributed by atoms with Crippen LogP contribution in [0.4, 0.5) is 5.82 Å². The number of hydrogen-bond acceptors (Lipinski definition) is 7. The minimum Gasteiger partial charge on any atom is -0.462 e. The van der Waals surface area contributed by atoms with Crippen molar-refractivity contribution in [3.8, 4) is 0 Å². The number of piperidine rings is 1. The third-order valence-corrected chi connectivity index (χ3v) is 7.24. The summed E-state index contributed by atoms with van der Waals surface area (Å²) >= 11 is 0. The number of esters is 1.